The van der Waals surface area contributed by atoms with Crippen molar-refractivity contribution in [1.82, 2.24) is 5.32 Å². The van der Waals surface area contributed by atoms with Crippen LogP contribution in [0, 0.1) is 5.41 Å². The number of carbonyl (C=O) groups is 1. The van der Waals surface area contributed by atoms with Crippen LogP contribution in [0.5, 0.6) is 0 Å². The van der Waals surface area contributed by atoms with Gasteiger partial charge in [-0.15, -0.1) is 0 Å². The van der Waals surface area contributed by atoms with Crippen molar-refractivity contribution in [3.05, 3.63) is 0 Å². The smallest absolute Gasteiger partial charge is 0.225 e. The van der Waals surface area contributed by atoms with Crippen LogP contribution in [0.1, 0.15) is 46.5 Å². The number of rotatable bonds is 7. The maximum absolute atomic E-state index is 11.6. The molecule has 0 saturated heterocycles. The minimum atomic E-state index is -0.205. The van der Waals surface area contributed by atoms with E-state index >= 15 is 0 Å². The lowest BCUT2D eigenvalue weighted by atomic mass is 9.89. The molecule has 84 valence electrons. The molecule has 0 aromatic rings. The molecule has 0 saturated carbocycles. The van der Waals surface area contributed by atoms with Crippen LogP contribution < -0.4 is 5.32 Å². The zero-order chi connectivity index (χ0) is 11.0. The molecule has 0 aromatic heterocycles. The van der Waals surface area contributed by atoms with Crippen molar-refractivity contribution in [2.45, 2.75) is 46.5 Å². The summed E-state index contributed by atoms with van der Waals surface area (Å²) in [5, 5.41) is 2.99. The number of halogens is 1. The number of unbranched alkanes of at least 4 members (excludes halogenated alkanes) is 2. The highest BCUT2D eigenvalue weighted by atomic mass is 127. The summed E-state index contributed by atoms with van der Waals surface area (Å²) in [6.45, 7) is 6.87. The molecule has 0 rings (SSSR count). The van der Waals surface area contributed by atoms with Crippen LogP contribution in [0.15, 0.2) is 0 Å². The third-order valence-corrected chi connectivity index (χ3v) is 3.36. The van der Waals surface area contributed by atoms with Crippen LogP contribution in [0.4, 0.5) is 0 Å². The van der Waals surface area contributed by atoms with Crippen LogP contribution in [0.2, 0.25) is 0 Å². The summed E-state index contributed by atoms with van der Waals surface area (Å²) in [5.74, 6) is 0.189. The Bertz CT molecular complexity index is 169. The number of hydrogen-bond acceptors (Lipinski definition) is 1. The fourth-order valence-electron chi connectivity index (χ4n) is 0.998. The predicted molar refractivity (Wildman–Crippen MR) is 69.8 cm³/mol. The minimum Gasteiger partial charge on any atom is -0.356 e. The first-order valence-electron chi connectivity index (χ1n) is 5.39. The Morgan fingerprint density at radius 3 is 2.43 bits per heavy atom. The maximum Gasteiger partial charge on any atom is 0.225 e. The van der Waals surface area contributed by atoms with E-state index in [2.05, 4.69) is 34.8 Å². The van der Waals surface area contributed by atoms with E-state index in [0.29, 0.717) is 0 Å². The van der Waals surface area contributed by atoms with E-state index in [4.69, 9.17) is 0 Å². The van der Waals surface area contributed by atoms with Gasteiger partial charge in [-0.1, -0.05) is 49.8 Å². The third kappa shape index (κ3) is 5.83. The van der Waals surface area contributed by atoms with E-state index in [1.165, 1.54) is 17.3 Å². The number of carbonyl (C=O) groups excluding carboxylic acids is 1. The van der Waals surface area contributed by atoms with Gasteiger partial charge in [0.2, 0.25) is 5.91 Å². The second-order valence-electron chi connectivity index (χ2n) is 4.24. The summed E-state index contributed by atoms with van der Waals surface area (Å²) in [6, 6.07) is 0. The molecule has 3 heteroatoms. The van der Waals surface area contributed by atoms with Gasteiger partial charge in [-0.25, -0.2) is 0 Å². The lowest BCUT2D eigenvalue weighted by Crippen LogP contribution is -2.36. The molecule has 0 atom stereocenters. The Morgan fingerprint density at radius 2 is 1.93 bits per heavy atom. The number of amides is 1. The van der Waals surface area contributed by atoms with Crippen LogP contribution in [0.25, 0.3) is 0 Å². The van der Waals surface area contributed by atoms with E-state index in [0.717, 1.165) is 19.4 Å². The average Bonchev–Trinajstić information content (AvgIpc) is 2.17. The third-order valence-electron chi connectivity index (χ3n) is 2.59. The molecule has 2 nitrogen and oxygen atoms in total. The van der Waals surface area contributed by atoms with Gasteiger partial charge in [-0.05, 0) is 23.7 Å². The molecule has 0 aliphatic heterocycles. The largest absolute Gasteiger partial charge is 0.356 e. The van der Waals surface area contributed by atoms with E-state index in [-0.39, 0.29) is 11.3 Å². The Kier molecular flexibility index (Phi) is 7.59. The molecule has 1 N–H and O–H groups in total. The minimum absolute atomic E-state index is 0.189. The second-order valence-corrected chi connectivity index (χ2v) is 5.32. The number of nitrogens with one attached hydrogen (secondary N) is 1. The van der Waals surface area contributed by atoms with Crippen molar-refractivity contribution in [2.24, 2.45) is 5.41 Å². The quantitative estimate of drug-likeness (QED) is 0.437. The van der Waals surface area contributed by atoms with Crippen molar-refractivity contribution < 1.29 is 4.79 Å². The molecular weight excluding hydrogens is 289 g/mol. The molecule has 0 radical (unpaired) electrons. The van der Waals surface area contributed by atoms with Crippen molar-refractivity contribution in [1.29, 1.82) is 0 Å². The molecule has 0 spiro atoms. The lowest BCUT2D eigenvalue weighted by molar-refractivity contribution is -0.129. The van der Waals surface area contributed by atoms with Gasteiger partial charge in [0.1, 0.15) is 0 Å². The van der Waals surface area contributed by atoms with E-state index in [9.17, 15) is 4.79 Å². The molecule has 0 aromatic carbocycles. The predicted octanol–water partition coefficient (Wildman–Crippen LogP) is 3.14. The summed E-state index contributed by atoms with van der Waals surface area (Å²) in [5.41, 5.74) is -0.205. The first-order valence-corrected chi connectivity index (χ1v) is 6.91. The van der Waals surface area contributed by atoms with Gasteiger partial charge in [-0.2, -0.15) is 0 Å². The van der Waals surface area contributed by atoms with Crippen molar-refractivity contribution in [3.8, 4) is 0 Å². The van der Waals surface area contributed by atoms with E-state index in [1.807, 2.05) is 13.8 Å². The summed E-state index contributed by atoms with van der Waals surface area (Å²) in [6.07, 6.45) is 4.48. The average molecular weight is 311 g/mol. The van der Waals surface area contributed by atoms with Gasteiger partial charge in [0.25, 0.3) is 0 Å². The van der Waals surface area contributed by atoms with Crippen molar-refractivity contribution in [2.75, 3.05) is 11.0 Å². The van der Waals surface area contributed by atoms with Gasteiger partial charge < -0.3 is 5.32 Å². The maximum atomic E-state index is 11.6. The molecule has 0 aliphatic carbocycles. The molecular formula is C11H22INO. The van der Waals surface area contributed by atoms with Crippen molar-refractivity contribution >= 4 is 28.5 Å². The monoisotopic (exact) mass is 311 g/mol. The van der Waals surface area contributed by atoms with Gasteiger partial charge in [0.15, 0.2) is 0 Å². The van der Waals surface area contributed by atoms with Gasteiger partial charge in [0, 0.05) is 12.0 Å². The molecule has 0 fully saturated rings. The van der Waals surface area contributed by atoms with E-state index < -0.39 is 0 Å². The Labute approximate surface area is 101 Å². The van der Waals surface area contributed by atoms with Crippen LogP contribution in [-0.4, -0.2) is 16.9 Å². The summed E-state index contributed by atoms with van der Waals surface area (Å²) in [7, 11) is 0. The molecule has 0 aliphatic rings. The molecule has 0 unspecified atom stereocenters. The molecule has 0 bridgehead atoms. The summed E-state index contributed by atoms with van der Waals surface area (Å²) in [4.78, 5) is 11.6. The fourth-order valence-corrected chi connectivity index (χ4v) is 1.54. The highest BCUT2D eigenvalue weighted by Crippen LogP contribution is 2.19. The zero-order valence-corrected chi connectivity index (χ0v) is 11.7. The van der Waals surface area contributed by atoms with Gasteiger partial charge in [-0.3, -0.25) is 4.79 Å². The van der Waals surface area contributed by atoms with Crippen molar-refractivity contribution in [3.63, 3.8) is 0 Å². The van der Waals surface area contributed by atoms with Crippen LogP contribution >= 0.6 is 22.6 Å². The standard InChI is InChI=1S/C11H22INO/c1-4-11(2,3)10(14)13-9-7-5-6-8-12/h4-9H2,1-3H3,(H,13,14). The normalized spacial score (nSPS) is 11.4. The Balaban J connectivity index is 3.54. The van der Waals surface area contributed by atoms with E-state index in [1.54, 1.807) is 0 Å². The zero-order valence-electron chi connectivity index (χ0n) is 9.53. The Hall–Kier alpha value is 0.200. The second kappa shape index (κ2) is 7.49. The molecule has 14 heavy (non-hydrogen) atoms. The first kappa shape index (κ1) is 14.2. The van der Waals surface area contributed by atoms with Gasteiger partial charge >= 0.3 is 0 Å². The summed E-state index contributed by atoms with van der Waals surface area (Å²) >= 11 is 2.38. The molecule has 0 heterocycles. The van der Waals surface area contributed by atoms with Crippen LogP contribution in [0.3, 0.4) is 0 Å². The Morgan fingerprint density at radius 1 is 1.29 bits per heavy atom. The SMILES string of the molecule is CCC(C)(C)C(=O)NCCCCCI. The highest BCUT2D eigenvalue weighted by molar-refractivity contribution is 14.1. The number of hydrogen-bond donors (Lipinski definition) is 1. The lowest BCUT2D eigenvalue weighted by Gasteiger charge is -2.21. The summed E-state index contributed by atoms with van der Waals surface area (Å²) < 4.78 is 1.21. The van der Waals surface area contributed by atoms with Crippen LogP contribution in [-0.2, 0) is 4.79 Å². The fraction of sp³-hybridized carbons (Fsp3) is 0.909. The van der Waals surface area contributed by atoms with Gasteiger partial charge in [0.05, 0.1) is 0 Å². The highest BCUT2D eigenvalue weighted by Gasteiger charge is 2.24. The topological polar surface area (TPSA) is 29.1 Å². The first-order chi connectivity index (χ1) is 6.54. The molecule has 1 amide bonds. The number of alkyl halides is 1.